The second-order valence-corrected chi connectivity index (χ2v) is 5.63. The number of hydrogen-bond donors (Lipinski definition) is 2. The van der Waals surface area contributed by atoms with Gasteiger partial charge in [-0.05, 0) is 31.4 Å². The number of nitrogens with zero attached hydrogens (tertiary/aromatic N) is 3. The highest BCUT2D eigenvalue weighted by Crippen LogP contribution is 2.31. The predicted octanol–water partition coefficient (Wildman–Crippen LogP) is 0.406. The summed E-state index contributed by atoms with van der Waals surface area (Å²) in [7, 11) is 0. The molecule has 0 aromatic carbocycles. The maximum Gasteiger partial charge on any atom is 0.345 e. The second kappa shape index (κ2) is 7.58. The van der Waals surface area contributed by atoms with Crippen LogP contribution in [0.1, 0.15) is 23.7 Å². The maximum absolute atomic E-state index is 12.0. The van der Waals surface area contributed by atoms with Crippen molar-refractivity contribution in [1.29, 1.82) is 0 Å². The van der Waals surface area contributed by atoms with Gasteiger partial charge >= 0.3 is 5.97 Å². The molecule has 1 aromatic rings. The smallest absolute Gasteiger partial charge is 0.345 e. The molecule has 0 saturated carbocycles. The Kier molecular flexibility index (Phi) is 5.77. The van der Waals surface area contributed by atoms with E-state index in [0.29, 0.717) is 18.7 Å². The molecule has 3 N–H and O–H groups in total. The first-order chi connectivity index (χ1) is 10.2. The second-order valence-electron chi connectivity index (χ2n) is 4.87. The first-order valence-corrected chi connectivity index (χ1v) is 7.95. The molecular weight excluding hydrogens is 292 g/mol. The van der Waals surface area contributed by atoms with Crippen molar-refractivity contribution in [2.24, 2.45) is 0 Å². The first-order valence-electron chi connectivity index (χ1n) is 7.17. The number of aliphatic hydroxyl groups is 1. The fourth-order valence-electron chi connectivity index (χ4n) is 2.44. The fourth-order valence-corrected chi connectivity index (χ4v) is 3.30. The van der Waals surface area contributed by atoms with Crippen LogP contribution in [0.2, 0.25) is 0 Å². The SMILES string of the molecule is CCOC(=O)c1c(N)nsc1N1CCCN(CCO)CC1. The minimum atomic E-state index is -0.407. The van der Waals surface area contributed by atoms with E-state index in [1.54, 1.807) is 6.92 Å². The van der Waals surface area contributed by atoms with Crippen LogP contribution in [0.3, 0.4) is 0 Å². The number of ether oxygens (including phenoxy) is 1. The Hall–Kier alpha value is -1.38. The standard InChI is InChI=1S/C13H22N4O3S/c1-2-20-13(19)10-11(14)15-21-12(10)17-5-3-4-16(6-7-17)8-9-18/h18H,2-9H2,1H3,(H2,14,15). The molecule has 0 atom stereocenters. The van der Waals surface area contributed by atoms with Crippen molar-refractivity contribution in [3.8, 4) is 0 Å². The first kappa shape index (κ1) is 16.0. The molecule has 1 fully saturated rings. The summed E-state index contributed by atoms with van der Waals surface area (Å²) in [5, 5.41) is 9.82. The van der Waals surface area contributed by atoms with E-state index < -0.39 is 5.97 Å². The van der Waals surface area contributed by atoms with Crippen LogP contribution in [0.25, 0.3) is 0 Å². The predicted molar refractivity (Wildman–Crippen MR) is 82.8 cm³/mol. The van der Waals surface area contributed by atoms with Gasteiger partial charge in [-0.25, -0.2) is 4.79 Å². The van der Waals surface area contributed by atoms with Crippen molar-refractivity contribution in [1.82, 2.24) is 9.27 Å². The minimum Gasteiger partial charge on any atom is -0.462 e. The largest absolute Gasteiger partial charge is 0.462 e. The van der Waals surface area contributed by atoms with Gasteiger partial charge in [0.25, 0.3) is 0 Å². The lowest BCUT2D eigenvalue weighted by molar-refractivity contribution is 0.0528. The average molecular weight is 314 g/mol. The van der Waals surface area contributed by atoms with Gasteiger partial charge in [-0.1, -0.05) is 0 Å². The van der Waals surface area contributed by atoms with Crippen LogP contribution in [-0.2, 0) is 4.74 Å². The number of aromatic nitrogens is 1. The molecule has 0 bridgehead atoms. The summed E-state index contributed by atoms with van der Waals surface area (Å²) >= 11 is 1.24. The number of nitrogens with two attached hydrogens (primary N) is 1. The molecule has 118 valence electrons. The molecule has 0 radical (unpaired) electrons. The van der Waals surface area contributed by atoms with Gasteiger partial charge in [-0.15, -0.1) is 0 Å². The molecule has 0 aliphatic carbocycles. The molecule has 8 heteroatoms. The number of nitrogen functional groups attached to an aromatic ring is 1. The molecule has 7 nitrogen and oxygen atoms in total. The molecule has 1 aliphatic rings. The molecule has 0 amide bonds. The highest BCUT2D eigenvalue weighted by molar-refractivity contribution is 7.11. The summed E-state index contributed by atoms with van der Waals surface area (Å²) in [6.45, 7) is 6.36. The van der Waals surface area contributed by atoms with E-state index in [2.05, 4.69) is 14.2 Å². The van der Waals surface area contributed by atoms with Crippen LogP contribution in [0, 0.1) is 0 Å². The molecule has 1 saturated heterocycles. The molecule has 21 heavy (non-hydrogen) atoms. The van der Waals surface area contributed by atoms with E-state index in [4.69, 9.17) is 15.6 Å². The quantitative estimate of drug-likeness (QED) is 0.760. The van der Waals surface area contributed by atoms with Crippen LogP contribution in [0.5, 0.6) is 0 Å². The Morgan fingerprint density at radius 2 is 2.24 bits per heavy atom. The Morgan fingerprint density at radius 3 is 2.95 bits per heavy atom. The molecule has 1 aromatic heterocycles. The van der Waals surface area contributed by atoms with Gasteiger partial charge in [-0.3, -0.25) is 4.90 Å². The molecule has 2 rings (SSSR count). The third-order valence-electron chi connectivity index (χ3n) is 3.47. The van der Waals surface area contributed by atoms with E-state index in [-0.39, 0.29) is 12.4 Å². The number of esters is 1. The number of aliphatic hydroxyl groups excluding tert-OH is 1. The van der Waals surface area contributed by atoms with Crippen molar-refractivity contribution in [2.75, 3.05) is 56.6 Å². The zero-order valence-electron chi connectivity index (χ0n) is 12.2. The van der Waals surface area contributed by atoms with E-state index in [1.807, 2.05) is 0 Å². The van der Waals surface area contributed by atoms with Crippen molar-refractivity contribution in [3.05, 3.63) is 5.56 Å². The van der Waals surface area contributed by atoms with Crippen molar-refractivity contribution < 1.29 is 14.6 Å². The fraction of sp³-hybridized carbons (Fsp3) is 0.692. The van der Waals surface area contributed by atoms with Gasteiger partial charge < -0.3 is 20.5 Å². The summed E-state index contributed by atoms with van der Waals surface area (Å²) < 4.78 is 9.17. The Morgan fingerprint density at radius 1 is 1.43 bits per heavy atom. The average Bonchev–Trinajstić information content (AvgIpc) is 2.69. The highest BCUT2D eigenvalue weighted by atomic mass is 32.1. The van der Waals surface area contributed by atoms with Gasteiger partial charge in [0.05, 0.1) is 13.2 Å². The summed E-state index contributed by atoms with van der Waals surface area (Å²) in [5.74, 6) is -0.167. The maximum atomic E-state index is 12.0. The Bertz CT molecular complexity index is 480. The van der Waals surface area contributed by atoms with E-state index >= 15 is 0 Å². The lowest BCUT2D eigenvalue weighted by atomic mass is 10.3. The number of β-amino-alcohol motifs (C(OH)–C–C–N with tert-alkyl or cyclic N) is 1. The zero-order chi connectivity index (χ0) is 15.2. The molecular formula is C13H22N4O3S. The van der Waals surface area contributed by atoms with E-state index in [1.165, 1.54) is 11.5 Å². The normalized spacial score (nSPS) is 16.8. The Balaban J connectivity index is 2.13. The Labute approximate surface area is 128 Å². The van der Waals surface area contributed by atoms with Crippen LogP contribution >= 0.6 is 11.5 Å². The van der Waals surface area contributed by atoms with Crippen LogP contribution in [0.15, 0.2) is 0 Å². The molecule has 0 spiro atoms. The number of hydrogen-bond acceptors (Lipinski definition) is 8. The van der Waals surface area contributed by atoms with Crippen molar-refractivity contribution >= 4 is 28.3 Å². The van der Waals surface area contributed by atoms with Gasteiger partial charge in [0.1, 0.15) is 10.6 Å². The van der Waals surface area contributed by atoms with E-state index in [0.717, 1.165) is 37.6 Å². The minimum absolute atomic E-state index is 0.168. The summed E-state index contributed by atoms with van der Waals surface area (Å²) in [5.41, 5.74) is 6.21. The summed E-state index contributed by atoms with van der Waals surface area (Å²) in [6.07, 6.45) is 0.972. The lowest BCUT2D eigenvalue weighted by Crippen LogP contribution is -2.32. The van der Waals surface area contributed by atoms with Gasteiger partial charge in [-0.2, -0.15) is 4.37 Å². The van der Waals surface area contributed by atoms with E-state index in [9.17, 15) is 4.79 Å². The third-order valence-corrected chi connectivity index (χ3v) is 4.40. The number of carbonyl (C=O) groups is 1. The van der Waals surface area contributed by atoms with Crippen molar-refractivity contribution in [3.63, 3.8) is 0 Å². The molecule has 1 aliphatic heterocycles. The number of carbonyl (C=O) groups excluding carboxylic acids is 1. The monoisotopic (exact) mass is 314 g/mol. The lowest BCUT2D eigenvalue weighted by Gasteiger charge is -2.22. The van der Waals surface area contributed by atoms with Crippen LogP contribution in [0.4, 0.5) is 10.8 Å². The van der Waals surface area contributed by atoms with Crippen LogP contribution < -0.4 is 10.6 Å². The van der Waals surface area contributed by atoms with Gasteiger partial charge in [0, 0.05) is 26.2 Å². The zero-order valence-corrected chi connectivity index (χ0v) is 13.1. The van der Waals surface area contributed by atoms with Crippen LogP contribution in [-0.4, -0.2) is 66.3 Å². The topological polar surface area (TPSA) is 91.9 Å². The summed E-state index contributed by atoms with van der Waals surface area (Å²) in [4.78, 5) is 16.4. The van der Waals surface area contributed by atoms with Gasteiger partial charge in [0.15, 0.2) is 5.82 Å². The number of rotatable bonds is 5. The summed E-state index contributed by atoms with van der Waals surface area (Å²) in [6, 6.07) is 0. The van der Waals surface area contributed by atoms with Gasteiger partial charge in [0.2, 0.25) is 0 Å². The molecule has 0 unspecified atom stereocenters. The molecule has 2 heterocycles. The highest BCUT2D eigenvalue weighted by Gasteiger charge is 2.26. The van der Waals surface area contributed by atoms with Crippen molar-refractivity contribution in [2.45, 2.75) is 13.3 Å². The third kappa shape index (κ3) is 3.84. The number of anilines is 2.